The van der Waals surface area contributed by atoms with Gasteiger partial charge < -0.3 is 35.1 Å². The van der Waals surface area contributed by atoms with Crippen molar-refractivity contribution in [2.75, 3.05) is 13.1 Å². The summed E-state index contributed by atoms with van der Waals surface area (Å²) in [5.74, 6) is -1.05. The number of amides is 1. The first-order valence-electron chi connectivity index (χ1n) is 9.49. The molecule has 1 amide bonds. The fourth-order valence-corrected chi connectivity index (χ4v) is 3.64. The van der Waals surface area contributed by atoms with Crippen LogP contribution in [0.15, 0.2) is 30.5 Å². The maximum Gasteiger partial charge on any atom is 0.522 e. The summed E-state index contributed by atoms with van der Waals surface area (Å²) in [5, 5.41) is 19.3. The fraction of sp³-hybridized carbons (Fsp3) is 0.368. The van der Waals surface area contributed by atoms with E-state index >= 15 is 0 Å². The molecule has 1 aromatic carbocycles. The van der Waals surface area contributed by atoms with Gasteiger partial charge in [-0.05, 0) is 36.5 Å². The highest BCUT2D eigenvalue weighted by molar-refractivity contribution is 6.44. The van der Waals surface area contributed by atoms with Gasteiger partial charge in [0.25, 0.3) is 0 Å². The Morgan fingerprint density at radius 2 is 2.17 bits per heavy atom. The lowest BCUT2D eigenvalue weighted by Gasteiger charge is -2.40. The minimum Gasteiger partial charge on any atom is -0.535 e. The zero-order chi connectivity index (χ0) is 20.5. The average molecular weight is 399 g/mol. The minimum absolute atomic E-state index is 0.102. The summed E-state index contributed by atoms with van der Waals surface area (Å²) in [6, 6.07) is 6.42. The maximum absolute atomic E-state index is 12.4. The van der Waals surface area contributed by atoms with Crippen LogP contribution < -0.4 is 15.1 Å². The van der Waals surface area contributed by atoms with Gasteiger partial charge in [-0.15, -0.1) is 0 Å². The Morgan fingerprint density at radius 3 is 2.86 bits per heavy atom. The van der Waals surface area contributed by atoms with Crippen LogP contribution in [0.3, 0.4) is 0 Å². The van der Waals surface area contributed by atoms with Gasteiger partial charge in [0.2, 0.25) is 5.91 Å². The van der Waals surface area contributed by atoms with Crippen molar-refractivity contribution in [3.8, 4) is 11.5 Å². The molecular formula is C19H22BN3O6. The van der Waals surface area contributed by atoms with Crippen molar-refractivity contribution in [1.29, 1.82) is 0 Å². The molecule has 0 saturated carbocycles. The minimum atomic E-state index is -1.19. The SMILES string of the molecule is N[C@H](Cc1ccc[nH]1)C(=O)N1CC(Oc2ccc3c(c2C(=O)O)OB(O)CC3)C1. The monoisotopic (exact) mass is 399 g/mol. The Labute approximate surface area is 167 Å². The molecule has 5 N–H and O–H groups in total. The maximum atomic E-state index is 12.4. The van der Waals surface area contributed by atoms with Gasteiger partial charge in [0.05, 0.1) is 19.1 Å². The number of nitrogens with one attached hydrogen (secondary N) is 1. The summed E-state index contributed by atoms with van der Waals surface area (Å²) in [4.78, 5) is 28.8. The largest absolute Gasteiger partial charge is 0.535 e. The van der Waals surface area contributed by atoms with Crippen LogP contribution in [0.5, 0.6) is 11.5 Å². The molecule has 0 unspecified atom stereocenters. The molecule has 152 valence electrons. The Kier molecular flexibility index (Phi) is 5.21. The fourth-order valence-electron chi connectivity index (χ4n) is 3.64. The lowest BCUT2D eigenvalue weighted by atomic mass is 9.78. The van der Waals surface area contributed by atoms with Crippen molar-refractivity contribution in [2.24, 2.45) is 5.73 Å². The number of aromatic amines is 1. The average Bonchev–Trinajstić information content (AvgIpc) is 3.15. The Balaban J connectivity index is 1.39. The predicted octanol–water partition coefficient (Wildman–Crippen LogP) is 0.288. The highest BCUT2D eigenvalue weighted by atomic mass is 16.5. The van der Waals surface area contributed by atoms with Crippen LogP contribution in [0.4, 0.5) is 0 Å². The zero-order valence-corrected chi connectivity index (χ0v) is 15.7. The number of likely N-dealkylation sites (tertiary alicyclic amines) is 1. The van der Waals surface area contributed by atoms with Gasteiger partial charge >= 0.3 is 13.1 Å². The molecule has 0 spiro atoms. The normalized spacial score (nSPS) is 17.2. The molecule has 1 saturated heterocycles. The molecule has 2 aliphatic rings. The van der Waals surface area contributed by atoms with Crippen molar-refractivity contribution >= 4 is 19.0 Å². The van der Waals surface area contributed by atoms with Crippen LogP contribution in [-0.4, -0.2) is 64.2 Å². The summed E-state index contributed by atoms with van der Waals surface area (Å²) >= 11 is 0. The van der Waals surface area contributed by atoms with Crippen LogP contribution in [0, 0.1) is 0 Å². The summed E-state index contributed by atoms with van der Waals surface area (Å²) in [6.45, 7) is 0.660. The number of H-pyrrole nitrogens is 1. The quantitative estimate of drug-likeness (QED) is 0.512. The first-order valence-corrected chi connectivity index (χ1v) is 9.49. The lowest BCUT2D eigenvalue weighted by Crippen LogP contribution is -2.60. The standard InChI is InChI=1S/C19H22BN3O6/c21-14(8-12-2-1-7-22-12)18(24)23-9-13(10-23)28-15-4-3-11-5-6-20(27)29-17(11)16(15)19(25)26/h1-4,7,13-14,22,27H,5-6,8-10,21H2,(H,25,26)/t14-/m1/s1. The van der Waals surface area contributed by atoms with E-state index in [1.54, 1.807) is 23.2 Å². The number of benzene rings is 1. The first kappa shape index (κ1) is 19.3. The van der Waals surface area contributed by atoms with Crippen molar-refractivity contribution in [3.05, 3.63) is 47.3 Å². The molecular weight excluding hydrogens is 377 g/mol. The van der Waals surface area contributed by atoms with Gasteiger partial charge in [0, 0.05) is 18.3 Å². The molecule has 0 radical (unpaired) electrons. The molecule has 9 nitrogen and oxygen atoms in total. The van der Waals surface area contributed by atoms with Crippen molar-refractivity contribution in [1.82, 2.24) is 9.88 Å². The number of aryl methyl sites for hydroxylation is 1. The van der Waals surface area contributed by atoms with E-state index in [1.807, 2.05) is 12.1 Å². The second-order valence-electron chi connectivity index (χ2n) is 7.33. The number of carbonyl (C=O) groups excluding carboxylic acids is 1. The van der Waals surface area contributed by atoms with Gasteiger partial charge in [-0.2, -0.15) is 0 Å². The van der Waals surface area contributed by atoms with Gasteiger partial charge in [-0.25, -0.2) is 4.79 Å². The van der Waals surface area contributed by atoms with E-state index in [-0.39, 0.29) is 29.1 Å². The van der Waals surface area contributed by atoms with Crippen molar-refractivity contribution in [3.63, 3.8) is 0 Å². The zero-order valence-electron chi connectivity index (χ0n) is 15.7. The third-order valence-corrected chi connectivity index (χ3v) is 5.20. The number of carbonyl (C=O) groups is 2. The van der Waals surface area contributed by atoms with E-state index in [0.717, 1.165) is 11.3 Å². The molecule has 0 aliphatic carbocycles. The van der Waals surface area contributed by atoms with Gasteiger partial charge in [-0.1, -0.05) is 6.07 Å². The molecule has 1 aromatic heterocycles. The molecule has 3 heterocycles. The molecule has 1 atom stereocenters. The van der Waals surface area contributed by atoms with E-state index < -0.39 is 19.1 Å². The van der Waals surface area contributed by atoms with E-state index in [4.69, 9.17) is 15.1 Å². The van der Waals surface area contributed by atoms with Gasteiger partial charge in [0.1, 0.15) is 23.2 Å². The van der Waals surface area contributed by atoms with Crippen LogP contribution >= 0.6 is 0 Å². The van der Waals surface area contributed by atoms with Gasteiger partial charge in [0.15, 0.2) is 0 Å². The van der Waals surface area contributed by atoms with Crippen LogP contribution in [0.1, 0.15) is 21.6 Å². The molecule has 4 rings (SSSR count). The molecule has 10 heteroatoms. The lowest BCUT2D eigenvalue weighted by molar-refractivity contribution is -0.141. The molecule has 0 bridgehead atoms. The van der Waals surface area contributed by atoms with Gasteiger partial charge in [-0.3, -0.25) is 4.79 Å². The number of carboxylic acid groups (broad SMARTS) is 1. The molecule has 2 aromatic rings. The Hall–Kier alpha value is -2.98. The van der Waals surface area contributed by atoms with E-state index in [1.165, 1.54) is 0 Å². The van der Waals surface area contributed by atoms with E-state index in [9.17, 15) is 19.7 Å². The molecule has 29 heavy (non-hydrogen) atoms. The number of aromatic carboxylic acids is 1. The number of nitrogens with two attached hydrogens (primary N) is 1. The summed E-state index contributed by atoms with van der Waals surface area (Å²) in [6.07, 6.45) is 2.81. The summed E-state index contributed by atoms with van der Waals surface area (Å²) < 4.78 is 11.2. The highest BCUT2D eigenvalue weighted by Crippen LogP contribution is 2.37. The number of ether oxygens (including phenoxy) is 1. The van der Waals surface area contributed by atoms with Crippen molar-refractivity contribution < 1.29 is 29.1 Å². The Bertz CT molecular complexity index is 913. The first-order chi connectivity index (χ1) is 13.9. The predicted molar refractivity (Wildman–Crippen MR) is 104 cm³/mol. The Morgan fingerprint density at radius 1 is 1.38 bits per heavy atom. The number of carboxylic acids is 1. The van der Waals surface area contributed by atoms with E-state index in [2.05, 4.69) is 4.98 Å². The number of nitrogens with zero attached hydrogens (tertiary/aromatic N) is 1. The highest BCUT2D eigenvalue weighted by Gasteiger charge is 2.37. The number of hydrogen-bond acceptors (Lipinski definition) is 6. The van der Waals surface area contributed by atoms with Crippen molar-refractivity contribution in [2.45, 2.75) is 31.3 Å². The number of hydrogen-bond donors (Lipinski definition) is 4. The summed E-state index contributed by atoms with van der Waals surface area (Å²) in [5.41, 5.74) is 7.51. The third-order valence-electron chi connectivity index (χ3n) is 5.20. The van der Waals surface area contributed by atoms with E-state index in [0.29, 0.717) is 32.3 Å². The van der Waals surface area contributed by atoms with Crippen LogP contribution in [0.25, 0.3) is 0 Å². The molecule has 2 aliphatic heterocycles. The number of fused-ring (bicyclic) bond motifs is 1. The number of rotatable bonds is 6. The third kappa shape index (κ3) is 3.94. The molecule has 1 fully saturated rings. The second kappa shape index (κ2) is 7.80. The summed E-state index contributed by atoms with van der Waals surface area (Å²) in [7, 11) is -1.03. The topological polar surface area (TPSA) is 138 Å². The number of aromatic nitrogens is 1. The second-order valence-corrected chi connectivity index (χ2v) is 7.33. The van der Waals surface area contributed by atoms with Crippen LogP contribution in [-0.2, 0) is 17.6 Å². The van der Waals surface area contributed by atoms with Crippen LogP contribution in [0.2, 0.25) is 6.32 Å². The smallest absolute Gasteiger partial charge is 0.522 e.